The Kier molecular flexibility index (Phi) is 6.55. The molecule has 0 aliphatic carbocycles. The van der Waals surface area contributed by atoms with Crippen LogP contribution in [0.4, 0.5) is 0 Å². The number of hydrogen-bond acceptors (Lipinski definition) is 6. The molecule has 0 unspecified atom stereocenters. The lowest BCUT2D eigenvalue weighted by Crippen LogP contribution is -2.40. The van der Waals surface area contributed by atoms with Crippen molar-refractivity contribution < 1.29 is 23.7 Å². The van der Waals surface area contributed by atoms with Crippen molar-refractivity contribution in [2.24, 2.45) is 0 Å². The quantitative estimate of drug-likeness (QED) is 0.516. The zero-order valence-corrected chi connectivity index (χ0v) is 19.5. The van der Waals surface area contributed by atoms with E-state index in [-0.39, 0.29) is 11.9 Å². The Morgan fingerprint density at radius 2 is 1.62 bits per heavy atom. The van der Waals surface area contributed by atoms with Crippen LogP contribution in [-0.2, 0) is 12.8 Å². The molecule has 1 atom stereocenters. The van der Waals surface area contributed by atoms with Gasteiger partial charge in [0.05, 0.1) is 39.4 Å². The molecule has 2 heterocycles. The summed E-state index contributed by atoms with van der Waals surface area (Å²) >= 11 is 1.47. The topological polar surface area (TPSA) is 57.2 Å². The van der Waals surface area contributed by atoms with Gasteiger partial charge in [-0.1, -0.05) is 12.1 Å². The molecule has 0 fully saturated rings. The van der Waals surface area contributed by atoms with Crippen LogP contribution in [0, 0.1) is 0 Å². The van der Waals surface area contributed by atoms with E-state index in [1.807, 2.05) is 52.7 Å². The summed E-state index contributed by atoms with van der Waals surface area (Å²) in [5.41, 5.74) is 3.30. The van der Waals surface area contributed by atoms with Crippen molar-refractivity contribution in [2.45, 2.75) is 18.9 Å². The van der Waals surface area contributed by atoms with Crippen LogP contribution in [0.25, 0.3) is 0 Å². The van der Waals surface area contributed by atoms with E-state index in [2.05, 4.69) is 0 Å². The second-order valence-corrected chi connectivity index (χ2v) is 8.49. The highest BCUT2D eigenvalue weighted by Gasteiger charge is 2.33. The molecule has 2 aromatic carbocycles. The molecule has 0 radical (unpaired) electrons. The minimum absolute atomic E-state index is 0.0471. The molecule has 3 aromatic rings. The van der Waals surface area contributed by atoms with Crippen LogP contribution in [0.1, 0.15) is 32.4 Å². The first kappa shape index (κ1) is 22.0. The van der Waals surface area contributed by atoms with Crippen LogP contribution < -0.4 is 18.9 Å². The zero-order chi connectivity index (χ0) is 22.7. The maximum Gasteiger partial charge on any atom is 0.264 e. The molecule has 1 aliphatic heterocycles. The summed E-state index contributed by atoms with van der Waals surface area (Å²) in [5.74, 6) is 2.76. The fourth-order valence-corrected chi connectivity index (χ4v) is 4.94. The van der Waals surface area contributed by atoms with Gasteiger partial charge in [-0.05, 0) is 65.2 Å². The van der Waals surface area contributed by atoms with E-state index in [9.17, 15) is 4.79 Å². The van der Waals surface area contributed by atoms with Crippen LogP contribution in [0.2, 0.25) is 0 Å². The molecule has 1 amide bonds. The molecule has 4 rings (SSSR count). The number of hydrogen-bond donors (Lipinski definition) is 0. The highest BCUT2D eigenvalue weighted by atomic mass is 32.1. The number of carbonyl (C=O) groups is 1. The van der Waals surface area contributed by atoms with Crippen molar-refractivity contribution in [3.8, 4) is 23.0 Å². The second kappa shape index (κ2) is 9.53. The van der Waals surface area contributed by atoms with Gasteiger partial charge in [-0.3, -0.25) is 4.79 Å². The molecule has 168 valence electrons. The van der Waals surface area contributed by atoms with Crippen LogP contribution in [0.5, 0.6) is 23.0 Å². The van der Waals surface area contributed by atoms with E-state index in [0.29, 0.717) is 36.0 Å². The van der Waals surface area contributed by atoms with Crippen LogP contribution >= 0.6 is 11.3 Å². The number of ether oxygens (including phenoxy) is 4. The Morgan fingerprint density at radius 3 is 2.28 bits per heavy atom. The number of methoxy groups -OCH3 is 4. The van der Waals surface area contributed by atoms with Crippen molar-refractivity contribution in [2.75, 3.05) is 35.0 Å². The van der Waals surface area contributed by atoms with E-state index >= 15 is 0 Å². The van der Waals surface area contributed by atoms with Crippen molar-refractivity contribution in [3.63, 3.8) is 0 Å². The van der Waals surface area contributed by atoms with Gasteiger partial charge in [-0.25, -0.2) is 0 Å². The lowest BCUT2D eigenvalue weighted by atomic mass is 9.88. The number of nitrogens with zero attached hydrogens (tertiary/aromatic N) is 1. The van der Waals surface area contributed by atoms with Crippen molar-refractivity contribution in [1.82, 2.24) is 4.90 Å². The monoisotopic (exact) mass is 453 g/mol. The largest absolute Gasteiger partial charge is 0.493 e. The second-order valence-electron chi connectivity index (χ2n) is 7.54. The van der Waals surface area contributed by atoms with E-state index in [1.165, 1.54) is 16.9 Å². The summed E-state index contributed by atoms with van der Waals surface area (Å²) < 4.78 is 22.0. The zero-order valence-electron chi connectivity index (χ0n) is 18.7. The molecule has 0 saturated carbocycles. The summed E-state index contributed by atoms with van der Waals surface area (Å²) in [6.07, 6.45) is 1.40. The molecule has 0 spiro atoms. The van der Waals surface area contributed by atoms with Crippen molar-refractivity contribution >= 4 is 17.2 Å². The van der Waals surface area contributed by atoms with E-state index in [4.69, 9.17) is 18.9 Å². The molecule has 6 nitrogen and oxygen atoms in total. The summed E-state index contributed by atoms with van der Waals surface area (Å²) in [7, 11) is 6.52. The van der Waals surface area contributed by atoms with E-state index in [1.54, 1.807) is 28.4 Å². The van der Waals surface area contributed by atoms with Gasteiger partial charge in [0, 0.05) is 6.54 Å². The minimum atomic E-state index is -0.147. The van der Waals surface area contributed by atoms with Crippen LogP contribution in [-0.4, -0.2) is 45.8 Å². The third-order valence-corrected chi connectivity index (χ3v) is 6.73. The Balaban J connectivity index is 1.77. The fraction of sp³-hybridized carbons (Fsp3) is 0.320. The SMILES string of the molecule is COc1ccc(C[C@H]2c3cc(OC)c(OC)cc3CCN2C(=O)c2cccs2)cc1OC. The van der Waals surface area contributed by atoms with E-state index < -0.39 is 0 Å². The Hall–Kier alpha value is -3.19. The maximum atomic E-state index is 13.4. The molecule has 1 aliphatic rings. The normalized spacial score (nSPS) is 15.1. The number of rotatable bonds is 7. The lowest BCUT2D eigenvalue weighted by molar-refractivity contribution is 0.0664. The van der Waals surface area contributed by atoms with Crippen LogP contribution in [0.15, 0.2) is 47.8 Å². The van der Waals surface area contributed by atoms with E-state index in [0.717, 1.165) is 22.4 Å². The molecule has 1 aromatic heterocycles. The minimum Gasteiger partial charge on any atom is -0.493 e. The Bertz CT molecular complexity index is 1100. The number of fused-ring (bicyclic) bond motifs is 1. The number of benzene rings is 2. The Labute approximate surface area is 192 Å². The van der Waals surface area contributed by atoms with Gasteiger partial charge in [0.25, 0.3) is 5.91 Å². The summed E-state index contributed by atoms with van der Waals surface area (Å²) in [6.45, 7) is 0.636. The molecule has 0 bridgehead atoms. The number of thiophene rings is 1. The third kappa shape index (κ3) is 4.12. The Morgan fingerprint density at radius 1 is 0.938 bits per heavy atom. The van der Waals surface area contributed by atoms with Gasteiger partial charge < -0.3 is 23.8 Å². The first-order valence-electron chi connectivity index (χ1n) is 10.4. The van der Waals surface area contributed by atoms with Crippen LogP contribution in [0.3, 0.4) is 0 Å². The fourth-order valence-electron chi connectivity index (χ4n) is 4.26. The van der Waals surface area contributed by atoms with Gasteiger partial charge in [-0.2, -0.15) is 0 Å². The van der Waals surface area contributed by atoms with Gasteiger partial charge in [-0.15, -0.1) is 11.3 Å². The smallest absolute Gasteiger partial charge is 0.264 e. The predicted octanol–water partition coefficient (Wildman–Crippen LogP) is 4.76. The third-order valence-electron chi connectivity index (χ3n) is 5.87. The lowest BCUT2D eigenvalue weighted by Gasteiger charge is -2.38. The maximum absolute atomic E-state index is 13.4. The average molecular weight is 454 g/mol. The first-order chi connectivity index (χ1) is 15.6. The van der Waals surface area contributed by atoms with Gasteiger partial charge in [0.15, 0.2) is 23.0 Å². The summed E-state index contributed by atoms with van der Waals surface area (Å²) in [5, 5.41) is 1.93. The predicted molar refractivity (Wildman–Crippen MR) is 125 cm³/mol. The molecular formula is C25H27NO5S. The number of carbonyl (C=O) groups excluding carboxylic acids is 1. The standard InChI is InChI=1S/C25H27NO5S/c1-28-20-8-7-16(13-21(20)29-2)12-19-18-15-23(31-4)22(30-3)14-17(18)9-10-26(19)25(27)24-6-5-11-32-24/h5-8,11,13-15,19H,9-10,12H2,1-4H3/t19-/m0/s1. The highest BCUT2D eigenvalue weighted by molar-refractivity contribution is 7.12. The van der Waals surface area contributed by atoms with Crippen molar-refractivity contribution in [3.05, 3.63) is 69.4 Å². The summed E-state index contributed by atoms with van der Waals surface area (Å²) in [4.78, 5) is 16.1. The average Bonchev–Trinajstić information content (AvgIpc) is 3.37. The first-order valence-corrected chi connectivity index (χ1v) is 11.3. The molecule has 0 N–H and O–H groups in total. The molecule has 7 heteroatoms. The molecular weight excluding hydrogens is 426 g/mol. The highest BCUT2D eigenvalue weighted by Crippen LogP contribution is 2.41. The number of amides is 1. The van der Waals surface area contributed by atoms with Gasteiger partial charge in [0.1, 0.15) is 0 Å². The van der Waals surface area contributed by atoms with Gasteiger partial charge >= 0.3 is 0 Å². The molecule has 32 heavy (non-hydrogen) atoms. The van der Waals surface area contributed by atoms with Gasteiger partial charge in [0.2, 0.25) is 0 Å². The van der Waals surface area contributed by atoms with Crippen molar-refractivity contribution in [1.29, 1.82) is 0 Å². The molecule has 0 saturated heterocycles. The summed E-state index contributed by atoms with van der Waals surface area (Å²) in [6, 6.07) is 13.6.